The Bertz CT molecular complexity index is 1210. The molecule has 166 valence electrons. The minimum absolute atomic E-state index is 0.00984. The zero-order valence-electron chi connectivity index (χ0n) is 17.5. The van der Waals surface area contributed by atoms with Gasteiger partial charge in [-0.3, -0.25) is 9.52 Å². The van der Waals surface area contributed by atoms with Crippen molar-refractivity contribution in [1.82, 2.24) is 0 Å². The number of carbonyl (C=O) groups is 2. The summed E-state index contributed by atoms with van der Waals surface area (Å²) >= 11 is 0. The van der Waals surface area contributed by atoms with Gasteiger partial charge in [0.2, 0.25) is 0 Å². The van der Waals surface area contributed by atoms with Gasteiger partial charge in [0.1, 0.15) is 5.75 Å². The molecule has 0 aliphatic carbocycles. The van der Waals surface area contributed by atoms with Crippen LogP contribution >= 0.6 is 0 Å². The minimum atomic E-state index is -3.83. The summed E-state index contributed by atoms with van der Waals surface area (Å²) in [5, 5.41) is 2.67. The molecule has 0 unspecified atom stereocenters. The van der Waals surface area contributed by atoms with Crippen molar-refractivity contribution >= 4 is 33.3 Å². The fourth-order valence-electron chi connectivity index (χ4n) is 2.83. The monoisotopic (exact) mass is 454 g/mol. The van der Waals surface area contributed by atoms with Crippen LogP contribution in [0, 0.1) is 0 Å². The van der Waals surface area contributed by atoms with Gasteiger partial charge >= 0.3 is 5.97 Å². The third kappa shape index (κ3) is 5.64. The molecule has 32 heavy (non-hydrogen) atoms. The Kier molecular flexibility index (Phi) is 7.11. The molecule has 0 aromatic heterocycles. The van der Waals surface area contributed by atoms with E-state index < -0.39 is 21.9 Å². The molecule has 0 saturated carbocycles. The van der Waals surface area contributed by atoms with E-state index in [9.17, 15) is 18.0 Å². The first-order chi connectivity index (χ1) is 15.3. The highest BCUT2D eigenvalue weighted by Gasteiger charge is 2.16. The maximum Gasteiger partial charge on any atom is 0.337 e. The number of hydrogen-bond donors (Lipinski definition) is 2. The van der Waals surface area contributed by atoms with Gasteiger partial charge in [-0.2, -0.15) is 0 Å². The lowest BCUT2D eigenvalue weighted by atomic mass is 10.1. The Labute approximate surface area is 186 Å². The Morgan fingerprint density at radius 2 is 1.56 bits per heavy atom. The maximum absolute atomic E-state index is 12.6. The number of sulfonamides is 1. The molecule has 0 bridgehead atoms. The maximum atomic E-state index is 12.6. The molecule has 0 radical (unpaired) electrons. The van der Waals surface area contributed by atoms with Gasteiger partial charge in [-0.1, -0.05) is 6.07 Å². The summed E-state index contributed by atoms with van der Waals surface area (Å²) in [6, 6.07) is 18.4. The molecule has 0 aliphatic rings. The molecule has 0 saturated heterocycles. The van der Waals surface area contributed by atoms with Crippen LogP contribution in [0.3, 0.4) is 0 Å². The number of esters is 1. The van der Waals surface area contributed by atoms with Gasteiger partial charge in [-0.15, -0.1) is 0 Å². The molecule has 3 rings (SSSR count). The number of methoxy groups -OCH3 is 1. The average Bonchev–Trinajstić information content (AvgIpc) is 2.80. The predicted octanol–water partition coefficient (Wildman–Crippen LogP) is 3.93. The molecule has 3 aromatic rings. The zero-order chi connectivity index (χ0) is 23.1. The first-order valence-corrected chi connectivity index (χ1v) is 11.2. The van der Waals surface area contributed by atoms with Gasteiger partial charge in [0, 0.05) is 16.9 Å². The third-order valence-electron chi connectivity index (χ3n) is 4.39. The van der Waals surface area contributed by atoms with E-state index in [0.717, 1.165) is 0 Å². The van der Waals surface area contributed by atoms with E-state index in [0.29, 0.717) is 29.3 Å². The summed E-state index contributed by atoms with van der Waals surface area (Å²) < 4.78 is 37.7. The summed E-state index contributed by atoms with van der Waals surface area (Å²) in [7, 11) is -2.56. The second-order valence-electron chi connectivity index (χ2n) is 6.61. The van der Waals surface area contributed by atoms with E-state index in [1.807, 2.05) is 6.92 Å². The number of ether oxygens (including phenoxy) is 2. The highest BCUT2D eigenvalue weighted by Crippen LogP contribution is 2.20. The topological polar surface area (TPSA) is 111 Å². The molecular formula is C23H22N2O6S. The summed E-state index contributed by atoms with van der Waals surface area (Å²) in [4.78, 5) is 24.1. The molecule has 2 N–H and O–H groups in total. The first kappa shape index (κ1) is 22.8. The van der Waals surface area contributed by atoms with Crippen LogP contribution in [-0.4, -0.2) is 34.0 Å². The van der Waals surface area contributed by atoms with E-state index in [2.05, 4.69) is 14.8 Å². The van der Waals surface area contributed by atoms with Crippen LogP contribution in [0.25, 0.3) is 0 Å². The van der Waals surface area contributed by atoms with E-state index in [4.69, 9.17) is 4.74 Å². The molecular weight excluding hydrogens is 432 g/mol. The first-order valence-electron chi connectivity index (χ1n) is 9.68. The van der Waals surface area contributed by atoms with Gasteiger partial charge in [0.05, 0.1) is 24.2 Å². The van der Waals surface area contributed by atoms with Crippen LogP contribution in [0.2, 0.25) is 0 Å². The number of amides is 1. The van der Waals surface area contributed by atoms with Crippen LogP contribution in [0.1, 0.15) is 27.6 Å². The van der Waals surface area contributed by atoms with Crippen molar-refractivity contribution in [3.63, 3.8) is 0 Å². The van der Waals surface area contributed by atoms with Crippen LogP contribution in [-0.2, 0) is 14.8 Å². The molecule has 0 aliphatic heterocycles. The molecule has 0 heterocycles. The van der Waals surface area contributed by atoms with Crippen LogP contribution in [0.15, 0.2) is 77.7 Å². The standard InChI is InChI=1S/C23H22N2O6S/c1-3-31-20-11-9-18(10-12-20)25-32(28,29)21-13-7-16(8-14-21)22(26)24-19-6-4-5-17(15-19)23(27)30-2/h4-15,25H,3H2,1-2H3,(H,24,26). The second-order valence-corrected chi connectivity index (χ2v) is 8.30. The van der Waals surface area contributed by atoms with Crippen molar-refractivity contribution in [2.45, 2.75) is 11.8 Å². The highest BCUT2D eigenvalue weighted by molar-refractivity contribution is 7.92. The van der Waals surface area contributed by atoms with Crippen molar-refractivity contribution in [3.05, 3.63) is 83.9 Å². The smallest absolute Gasteiger partial charge is 0.337 e. The fourth-order valence-corrected chi connectivity index (χ4v) is 3.89. The molecule has 3 aromatic carbocycles. The molecule has 1 amide bonds. The molecule has 9 heteroatoms. The van der Waals surface area contributed by atoms with Gasteiger partial charge in [-0.25, -0.2) is 13.2 Å². The molecule has 0 fully saturated rings. The van der Waals surface area contributed by atoms with Crippen LogP contribution in [0.4, 0.5) is 11.4 Å². The number of anilines is 2. The Balaban J connectivity index is 1.69. The van der Waals surface area contributed by atoms with Gasteiger partial charge in [0.25, 0.3) is 15.9 Å². The summed E-state index contributed by atoms with van der Waals surface area (Å²) in [5.74, 6) is -0.325. The second kappa shape index (κ2) is 9.97. The SMILES string of the molecule is CCOc1ccc(NS(=O)(=O)c2ccc(C(=O)Nc3cccc(C(=O)OC)c3)cc2)cc1. The lowest BCUT2D eigenvalue weighted by molar-refractivity contribution is 0.0600. The van der Waals surface area contributed by atoms with Crippen molar-refractivity contribution in [2.24, 2.45) is 0 Å². The third-order valence-corrected chi connectivity index (χ3v) is 5.78. The van der Waals surface area contributed by atoms with Crippen molar-refractivity contribution in [1.29, 1.82) is 0 Å². The summed E-state index contributed by atoms with van der Waals surface area (Å²) in [5.41, 5.74) is 1.35. The number of rotatable bonds is 8. The van der Waals surface area contributed by atoms with E-state index in [1.54, 1.807) is 42.5 Å². The lowest BCUT2D eigenvalue weighted by Gasteiger charge is -2.10. The highest BCUT2D eigenvalue weighted by atomic mass is 32.2. The molecule has 0 spiro atoms. The Morgan fingerprint density at radius 1 is 0.875 bits per heavy atom. The summed E-state index contributed by atoms with van der Waals surface area (Å²) in [6.07, 6.45) is 0. The molecule has 8 nitrogen and oxygen atoms in total. The predicted molar refractivity (Wildman–Crippen MR) is 121 cm³/mol. The van der Waals surface area contributed by atoms with Gasteiger partial charge in [0.15, 0.2) is 0 Å². The van der Waals surface area contributed by atoms with Crippen LogP contribution in [0.5, 0.6) is 5.75 Å². The number of benzene rings is 3. The minimum Gasteiger partial charge on any atom is -0.494 e. The number of carbonyl (C=O) groups excluding carboxylic acids is 2. The van der Waals surface area contributed by atoms with E-state index >= 15 is 0 Å². The van der Waals surface area contributed by atoms with Gasteiger partial charge in [-0.05, 0) is 73.7 Å². The summed E-state index contributed by atoms with van der Waals surface area (Å²) in [6.45, 7) is 2.38. The van der Waals surface area contributed by atoms with Crippen molar-refractivity contribution < 1.29 is 27.5 Å². The Hall–Kier alpha value is -3.85. The fraction of sp³-hybridized carbons (Fsp3) is 0.130. The van der Waals surface area contributed by atoms with Crippen LogP contribution < -0.4 is 14.8 Å². The normalized spacial score (nSPS) is 10.8. The average molecular weight is 455 g/mol. The molecule has 0 atom stereocenters. The quantitative estimate of drug-likeness (QED) is 0.499. The van der Waals surface area contributed by atoms with Crippen molar-refractivity contribution in [3.8, 4) is 5.75 Å². The van der Waals surface area contributed by atoms with Crippen molar-refractivity contribution in [2.75, 3.05) is 23.8 Å². The largest absolute Gasteiger partial charge is 0.494 e. The number of hydrogen-bond acceptors (Lipinski definition) is 6. The van der Waals surface area contributed by atoms with Gasteiger partial charge < -0.3 is 14.8 Å². The lowest BCUT2D eigenvalue weighted by Crippen LogP contribution is -2.15. The zero-order valence-corrected chi connectivity index (χ0v) is 18.3. The van der Waals surface area contributed by atoms with E-state index in [-0.39, 0.29) is 10.5 Å². The Morgan fingerprint density at radius 3 is 2.19 bits per heavy atom. The van der Waals surface area contributed by atoms with E-state index in [1.165, 1.54) is 37.4 Å². The number of nitrogens with one attached hydrogen (secondary N) is 2.